The first kappa shape index (κ1) is 19.2. The molecule has 0 radical (unpaired) electrons. The van der Waals surface area contributed by atoms with Crippen molar-refractivity contribution >= 4 is 27.3 Å². The number of nitrogens with one attached hydrogen (secondary N) is 1. The topological polar surface area (TPSA) is 69.7 Å². The zero-order valence-corrected chi connectivity index (χ0v) is 16.3. The quantitative estimate of drug-likeness (QED) is 0.825. The van der Waals surface area contributed by atoms with Crippen molar-refractivity contribution in [1.82, 2.24) is 4.31 Å². The van der Waals surface area contributed by atoms with Crippen molar-refractivity contribution in [3.63, 3.8) is 0 Å². The third-order valence-electron chi connectivity index (χ3n) is 5.33. The van der Waals surface area contributed by atoms with Gasteiger partial charge < -0.3 is 10.2 Å². The van der Waals surface area contributed by atoms with Gasteiger partial charge in [0.25, 0.3) is 0 Å². The highest BCUT2D eigenvalue weighted by atomic mass is 32.2. The number of carbonyl (C=O) groups is 1. The Labute approximate surface area is 156 Å². The molecule has 0 spiro atoms. The summed E-state index contributed by atoms with van der Waals surface area (Å²) in [5.74, 6) is -0.284. The molecule has 1 amide bonds. The highest BCUT2D eigenvalue weighted by Crippen LogP contribution is 2.25. The molecule has 0 atom stereocenters. The molecule has 0 bridgehead atoms. The van der Waals surface area contributed by atoms with Crippen LogP contribution < -0.4 is 10.2 Å². The van der Waals surface area contributed by atoms with Crippen LogP contribution in [-0.2, 0) is 14.8 Å². The fraction of sp³-hybridized carbons (Fsp3) is 0.632. The molecule has 1 heterocycles. The van der Waals surface area contributed by atoms with Crippen molar-refractivity contribution in [3.8, 4) is 0 Å². The molecule has 1 N–H and O–H groups in total. The fourth-order valence-electron chi connectivity index (χ4n) is 3.96. The summed E-state index contributed by atoms with van der Waals surface area (Å²) in [6.45, 7) is 2.05. The predicted molar refractivity (Wildman–Crippen MR) is 105 cm³/mol. The third kappa shape index (κ3) is 4.98. The van der Waals surface area contributed by atoms with E-state index in [1.165, 1.54) is 35.5 Å². The molecule has 144 valence electrons. The number of benzene rings is 1. The number of piperidine rings is 1. The fourth-order valence-corrected chi connectivity index (χ4v) is 5.06. The normalized spacial score (nSPS) is 19.1. The summed E-state index contributed by atoms with van der Waals surface area (Å²) in [6, 6.07) is 7.78. The molecule has 3 rings (SSSR count). The zero-order chi connectivity index (χ0) is 18.6. The Balaban J connectivity index is 1.59. The van der Waals surface area contributed by atoms with Crippen molar-refractivity contribution in [1.29, 1.82) is 0 Å². The van der Waals surface area contributed by atoms with Gasteiger partial charge in [-0.3, -0.25) is 4.79 Å². The number of carbonyl (C=O) groups excluding carboxylic acids is 1. The Hall–Kier alpha value is -1.60. The number of hydrogen-bond donors (Lipinski definition) is 1. The van der Waals surface area contributed by atoms with Gasteiger partial charge in [-0.15, -0.1) is 0 Å². The summed E-state index contributed by atoms with van der Waals surface area (Å²) in [7, 11) is -3.39. The van der Waals surface area contributed by atoms with E-state index < -0.39 is 10.0 Å². The van der Waals surface area contributed by atoms with E-state index in [1.807, 2.05) is 24.3 Å². The lowest BCUT2D eigenvalue weighted by Crippen LogP contribution is -2.43. The molecule has 1 aromatic carbocycles. The maximum absolute atomic E-state index is 12.4. The molecule has 1 aliphatic carbocycles. The van der Waals surface area contributed by atoms with Gasteiger partial charge in [0.1, 0.15) is 0 Å². The van der Waals surface area contributed by atoms with Gasteiger partial charge in [-0.2, -0.15) is 4.31 Å². The van der Waals surface area contributed by atoms with E-state index >= 15 is 0 Å². The summed E-state index contributed by atoms with van der Waals surface area (Å²) in [5, 5.41) is 2.83. The first-order valence-electron chi connectivity index (χ1n) is 9.55. The summed E-state index contributed by atoms with van der Waals surface area (Å²) < 4.78 is 25.5. The minimum absolute atomic E-state index is 0.0442. The molecule has 1 aliphatic heterocycles. The average molecular weight is 380 g/mol. The minimum Gasteiger partial charge on any atom is -0.372 e. The number of nitrogens with zero attached hydrogens (tertiary/aromatic N) is 2. The van der Waals surface area contributed by atoms with Crippen LogP contribution in [0.3, 0.4) is 0 Å². The van der Waals surface area contributed by atoms with Crippen LogP contribution >= 0.6 is 0 Å². The third-order valence-corrected chi connectivity index (χ3v) is 6.61. The summed E-state index contributed by atoms with van der Waals surface area (Å²) in [6.07, 6.45) is 8.65. The lowest BCUT2D eigenvalue weighted by atomic mass is 10.1. The van der Waals surface area contributed by atoms with Gasteiger partial charge in [-0.25, -0.2) is 8.42 Å². The first-order chi connectivity index (χ1) is 12.4. The van der Waals surface area contributed by atoms with Gasteiger partial charge in [0.15, 0.2) is 0 Å². The Morgan fingerprint density at radius 3 is 2.27 bits per heavy atom. The lowest BCUT2D eigenvalue weighted by molar-refractivity contribution is -0.116. The summed E-state index contributed by atoms with van der Waals surface area (Å²) >= 11 is 0. The van der Waals surface area contributed by atoms with E-state index in [1.54, 1.807) is 0 Å². The van der Waals surface area contributed by atoms with E-state index in [-0.39, 0.29) is 18.5 Å². The van der Waals surface area contributed by atoms with Gasteiger partial charge in [0.05, 0.1) is 12.8 Å². The van der Waals surface area contributed by atoms with Crippen LogP contribution in [0.15, 0.2) is 24.3 Å². The highest BCUT2D eigenvalue weighted by Gasteiger charge is 2.30. The molecular formula is C19H29N3O3S. The summed E-state index contributed by atoms with van der Waals surface area (Å²) in [4.78, 5) is 14.7. The van der Waals surface area contributed by atoms with Crippen LogP contribution in [0.4, 0.5) is 11.4 Å². The molecule has 2 fully saturated rings. The van der Waals surface area contributed by atoms with Gasteiger partial charge in [-0.1, -0.05) is 12.8 Å². The van der Waals surface area contributed by atoms with Crippen molar-refractivity contribution in [2.75, 3.05) is 36.1 Å². The van der Waals surface area contributed by atoms with Crippen LogP contribution in [0.5, 0.6) is 0 Å². The first-order valence-corrected chi connectivity index (χ1v) is 11.4. The van der Waals surface area contributed by atoms with Gasteiger partial charge in [0.2, 0.25) is 15.9 Å². The minimum atomic E-state index is -3.39. The van der Waals surface area contributed by atoms with Crippen molar-refractivity contribution < 1.29 is 13.2 Å². The van der Waals surface area contributed by atoms with E-state index in [0.717, 1.165) is 38.8 Å². The van der Waals surface area contributed by atoms with Crippen molar-refractivity contribution in [3.05, 3.63) is 24.3 Å². The number of hydrogen-bond acceptors (Lipinski definition) is 4. The second kappa shape index (κ2) is 8.39. The van der Waals surface area contributed by atoms with Gasteiger partial charge >= 0.3 is 0 Å². The number of anilines is 2. The van der Waals surface area contributed by atoms with Crippen LogP contribution in [0.1, 0.15) is 44.9 Å². The average Bonchev–Trinajstić information content (AvgIpc) is 3.14. The molecule has 0 aromatic heterocycles. The zero-order valence-electron chi connectivity index (χ0n) is 15.5. The van der Waals surface area contributed by atoms with Crippen LogP contribution in [0, 0.1) is 0 Å². The van der Waals surface area contributed by atoms with Crippen molar-refractivity contribution in [2.45, 2.75) is 51.0 Å². The molecule has 1 saturated heterocycles. The maximum Gasteiger partial charge on any atom is 0.239 e. The molecule has 2 aliphatic rings. The SMILES string of the molecule is CS(=O)(=O)N(CC(=O)Nc1ccc(N2CCCCC2)cc1)C1CCCC1. The number of sulfonamides is 1. The van der Waals surface area contributed by atoms with Crippen LogP contribution in [-0.4, -0.2) is 50.6 Å². The van der Waals surface area contributed by atoms with Crippen LogP contribution in [0.25, 0.3) is 0 Å². The molecule has 7 heteroatoms. The van der Waals surface area contributed by atoms with E-state index in [2.05, 4.69) is 10.2 Å². The molecule has 6 nitrogen and oxygen atoms in total. The van der Waals surface area contributed by atoms with Crippen molar-refractivity contribution in [2.24, 2.45) is 0 Å². The van der Waals surface area contributed by atoms with E-state index in [4.69, 9.17) is 0 Å². The van der Waals surface area contributed by atoms with E-state index in [9.17, 15) is 13.2 Å². The molecule has 26 heavy (non-hydrogen) atoms. The molecule has 0 unspecified atom stereocenters. The highest BCUT2D eigenvalue weighted by molar-refractivity contribution is 7.88. The van der Waals surface area contributed by atoms with Gasteiger partial charge in [0, 0.05) is 30.5 Å². The van der Waals surface area contributed by atoms with Gasteiger partial charge in [-0.05, 0) is 56.4 Å². The van der Waals surface area contributed by atoms with E-state index in [0.29, 0.717) is 5.69 Å². The Bertz CT molecular complexity index is 706. The lowest BCUT2D eigenvalue weighted by Gasteiger charge is -2.29. The Kier molecular flexibility index (Phi) is 6.19. The predicted octanol–water partition coefficient (Wildman–Crippen LogP) is 2.82. The molecule has 1 aromatic rings. The largest absolute Gasteiger partial charge is 0.372 e. The number of rotatable bonds is 6. The second-order valence-corrected chi connectivity index (χ2v) is 9.32. The Morgan fingerprint density at radius 2 is 1.69 bits per heavy atom. The molecule has 1 saturated carbocycles. The molecular weight excluding hydrogens is 350 g/mol. The Morgan fingerprint density at radius 1 is 1.08 bits per heavy atom. The summed E-state index contributed by atoms with van der Waals surface area (Å²) in [5.41, 5.74) is 1.88. The standard InChI is InChI=1S/C19H29N3O3S/c1-26(24,25)22(18-7-3-4-8-18)15-19(23)20-16-9-11-17(12-10-16)21-13-5-2-6-14-21/h9-12,18H,2-8,13-15H2,1H3,(H,20,23). The van der Waals surface area contributed by atoms with Crippen LogP contribution in [0.2, 0.25) is 0 Å². The second-order valence-electron chi connectivity index (χ2n) is 7.39. The smallest absolute Gasteiger partial charge is 0.239 e. The number of amides is 1. The monoisotopic (exact) mass is 379 g/mol. The maximum atomic E-state index is 12.4.